The van der Waals surface area contributed by atoms with Crippen molar-refractivity contribution in [3.05, 3.63) is 0 Å². The van der Waals surface area contributed by atoms with Gasteiger partial charge in [-0.05, 0) is 6.42 Å². The van der Waals surface area contributed by atoms with Crippen LogP contribution < -0.4 is 0 Å². The van der Waals surface area contributed by atoms with E-state index in [1.54, 1.807) is 0 Å². The molecule has 0 spiro atoms. The molecular weight excluding hydrogens is 160 g/mol. The molecule has 0 amide bonds. The average Bonchev–Trinajstić information content (AvgIpc) is 2.26. The molecule has 1 heterocycles. The van der Waals surface area contributed by atoms with E-state index in [1.165, 1.54) is 16.3 Å². The van der Waals surface area contributed by atoms with Gasteiger partial charge in [0.2, 0.25) is 0 Å². The van der Waals surface area contributed by atoms with Crippen molar-refractivity contribution in [2.24, 2.45) is 5.92 Å². The zero-order valence-electron chi connectivity index (χ0n) is 6.63. The number of hydrogen-bond donors (Lipinski definition) is 0. The molecule has 1 saturated heterocycles. The molecule has 0 aromatic heterocycles. The normalized spacial score (nSPS) is 24.2. The highest BCUT2D eigenvalue weighted by Gasteiger charge is 2.32. The summed E-state index contributed by atoms with van der Waals surface area (Å²) in [5.74, 6) is -0.796. The minimum atomic E-state index is -0.353. The van der Waals surface area contributed by atoms with Crippen LogP contribution in [-0.4, -0.2) is 22.2 Å². The lowest BCUT2D eigenvalue weighted by Gasteiger charge is -2.00. The van der Waals surface area contributed by atoms with Crippen molar-refractivity contribution in [3.63, 3.8) is 0 Å². The summed E-state index contributed by atoms with van der Waals surface area (Å²) in [5.41, 5.74) is 0. The molecule has 0 N–H and O–H groups in total. The number of rotatable bonds is 3. The molecule has 0 bridgehead atoms. The molecular formula is C7H12O3Si. The van der Waals surface area contributed by atoms with E-state index in [-0.39, 0.29) is 17.9 Å². The van der Waals surface area contributed by atoms with Crippen LogP contribution in [0, 0.1) is 5.92 Å². The van der Waals surface area contributed by atoms with Gasteiger partial charge in [-0.3, -0.25) is 9.59 Å². The minimum absolute atomic E-state index is 0.128. The van der Waals surface area contributed by atoms with Gasteiger partial charge in [0.25, 0.3) is 0 Å². The second kappa shape index (κ2) is 3.66. The second-order valence-electron chi connectivity index (χ2n) is 2.84. The molecule has 0 aliphatic carbocycles. The molecule has 0 aromatic carbocycles. The van der Waals surface area contributed by atoms with Gasteiger partial charge in [-0.15, -0.1) is 0 Å². The molecule has 3 nitrogen and oxygen atoms in total. The fourth-order valence-electron chi connectivity index (χ4n) is 1.19. The lowest BCUT2D eigenvalue weighted by Crippen LogP contribution is -2.06. The molecule has 1 atom stereocenters. The van der Waals surface area contributed by atoms with E-state index in [1.807, 2.05) is 0 Å². The van der Waals surface area contributed by atoms with Crippen LogP contribution in [0.4, 0.5) is 0 Å². The van der Waals surface area contributed by atoms with Crippen molar-refractivity contribution in [1.82, 2.24) is 0 Å². The zero-order chi connectivity index (χ0) is 8.27. The standard InChI is InChI=1S/C7H12O3Si/c8-6-4-5(2-1-3-11)7(9)10-6/h5H,1-4H2,11H3. The van der Waals surface area contributed by atoms with Gasteiger partial charge in [0.15, 0.2) is 0 Å². The molecule has 0 aromatic rings. The molecule has 1 aliphatic heterocycles. The Morgan fingerprint density at radius 3 is 2.73 bits per heavy atom. The summed E-state index contributed by atoms with van der Waals surface area (Å²) < 4.78 is 4.40. The highest BCUT2D eigenvalue weighted by Crippen LogP contribution is 2.21. The first kappa shape index (κ1) is 8.45. The van der Waals surface area contributed by atoms with Gasteiger partial charge in [-0.1, -0.05) is 12.5 Å². The zero-order valence-corrected chi connectivity index (χ0v) is 8.63. The molecule has 62 valence electrons. The molecule has 11 heavy (non-hydrogen) atoms. The van der Waals surface area contributed by atoms with Crippen molar-refractivity contribution in [1.29, 1.82) is 0 Å². The van der Waals surface area contributed by atoms with E-state index in [4.69, 9.17) is 0 Å². The van der Waals surface area contributed by atoms with E-state index in [9.17, 15) is 9.59 Å². The van der Waals surface area contributed by atoms with E-state index in [0.717, 1.165) is 12.8 Å². The Hall–Kier alpha value is -0.643. The Morgan fingerprint density at radius 2 is 2.27 bits per heavy atom. The Kier molecular flexibility index (Phi) is 2.81. The van der Waals surface area contributed by atoms with E-state index >= 15 is 0 Å². The Morgan fingerprint density at radius 1 is 1.55 bits per heavy atom. The largest absolute Gasteiger partial charge is 0.393 e. The molecule has 1 rings (SSSR count). The van der Waals surface area contributed by atoms with Gasteiger partial charge >= 0.3 is 11.9 Å². The first-order valence-electron chi connectivity index (χ1n) is 3.98. The van der Waals surface area contributed by atoms with Crippen molar-refractivity contribution >= 4 is 22.2 Å². The Bertz CT molecular complexity index is 179. The van der Waals surface area contributed by atoms with Crippen molar-refractivity contribution in [2.45, 2.75) is 25.3 Å². The van der Waals surface area contributed by atoms with Gasteiger partial charge < -0.3 is 4.74 Å². The number of esters is 2. The summed E-state index contributed by atoms with van der Waals surface area (Å²) in [4.78, 5) is 21.5. The van der Waals surface area contributed by atoms with Crippen LogP contribution in [0.3, 0.4) is 0 Å². The van der Waals surface area contributed by atoms with Crippen molar-refractivity contribution < 1.29 is 14.3 Å². The maximum absolute atomic E-state index is 10.9. The third-order valence-corrected chi connectivity index (χ3v) is 2.57. The quantitative estimate of drug-likeness (QED) is 0.332. The summed E-state index contributed by atoms with van der Waals surface area (Å²) >= 11 is 0. The fraction of sp³-hybridized carbons (Fsp3) is 0.714. The number of carbonyl (C=O) groups is 2. The average molecular weight is 172 g/mol. The third kappa shape index (κ3) is 2.15. The van der Waals surface area contributed by atoms with Crippen LogP contribution >= 0.6 is 0 Å². The van der Waals surface area contributed by atoms with Crippen LogP contribution in [0.1, 0.15) is 19.3 Å². The predicted octanol–water partition coefficient (Wildman–Crippen LogP) is -0.360. The summed E-state index contributed by atoms with van der Waals surface area (Å²) in [6, 6.07) is 1.19. The minimum Gasteiger partial charge on any atom is -0.393 e. The second-order valence-corrected chi connectivity index (χ2v) is 3.84. The van der Waals surface area contributed by atoms with Crippen LogP contribution in [-0.2, 0) is 14.3 Å². The summed E-state index contributed by atoms with van der Waals surface area (Å²) in [5, 5.41) is 0. The summed E-state index contributed by atoms with van der Waals surface area (Å²) in [7, 11) is 1.17. The highest BCUT2D eigenvalue weighted by atomic mass is 28.1. The third-order valence-electron chi connectivity index (χ3n) is 1.87. The van der Waals surface area contributed by atoms with E-state index < -0.39 is 0 Å². The maximum atomic E-state index is 10.9. The predicted molar refractivity (Wildman–Crippen MR) is 43.2 cm³/mol. The SMILES string of the molecule is O=C1CC(CCC[SiH3])C(=O)O1. The fourth-order valence-corrected chi connectivity index (χ4v) is 1.60. The summed E-state index contributed by atoms with van der Waals surface area (Å²) in [6.45, 7) is 0. The lowest BCUT2D eigenvalue weighted by molar-refractivity contribution is -0.153. The molecule has 0 saturated carbocycles. The Balaban J connectivity index is 2.34. The van der Waals surface area contributed by atoms with Crippen LogP contribution in [0.2, 0.25) is 6.04 Å². The van der Waals surface area contributed by atoms with Crippen LogP contribution in [0.15, 0.2) is 0 Å². The first-order valence-corrected chi connectivity index (χ1v) is 5.40. The van der Waals surface area contributed by atoms with Crippen LogP contribution in [0.25, 0.3) is 0 Å². The molecule has 0 radical (unpaired) electrons. The van der Waals surface area contributed by atoms with Crippen molar-refractivity contribution in [2.75, 3.05) is 0 Å². The Labute approximate surface area is 68.5 Å². The lowest BCUT2D eigenvalue weighted by atomic mass is 10.0. The number of hydrogen-bond acceptors (Lipinski definition) is 3. The molecule has 1 fully saturated rings. The number of ether oxygens (including phenoxy) is 1. The molecule has 1 unspecified atom stereocenters. The van der Waals surface area contributed by atoms with Gasteiger partial charge in [0, 0.05) is 10.2 Å². The maximum Gasteiger partial charge on any atom is 0.317 e. The topological polar surface area (TPSA) is 43.4 Å². The van der Waals surface area contributed by atoms with Gasteiger partial charge in [-0.2, -0.15) is 0 Å². The van der Waals surface area contributed by atoms with Gasteiger partial charge in [0.1, 0.15) is 0 Å². The first-order chi connectivity index (χ1) is 5.24. The van der Waals surface area contributed by atoms with E-state index in [2.05, 4.69) is 4.74 Å². The monoisotopic (exact) mass is 172 g/mol. The van der Waals surface area contributed by atoms with Crippen LogP contribution in [0.5, 0.6) is 0 Å². The smallest absolute Gasteiger partial charge is 0.317 e. The molecule has 1 aliphatic rings. The number of cyclic esters (lactones) is 2. The highest BCUT2D eigenvalue weighted by molar-refractivity contribution is 6.08. The van der Waals surface area contributed by atoms with E-state index in [0.29, 0.717) is 6.42 Å². The molecule has 4 heteroatoms. The van der Waals surface area contributed by atoms with Crippen molar-refractivity contribution in [3.8, 4) is 0 Å². The van der Waals surface area contributed by atoms with Gasteiger partial charge in [0.05, 0.1) is 12.3 Å². The van der Waals surface area contributed by atoms with Gasteiger partial charge in [-0.25, -0.2) is 0 Å². The summed E-state index contributed by atoms with van der Waals surface area (Å²) in [6.07, 6.45) is 2.19. The number of carbonyl (C=O) groups excluding carboxylic acids is 2.